The van der Waals surface area contributed by atoms with Gasteiger partial charge in [0.2, 0.25) is 5.76 Å². The lowest BCUT2D eigenvalue weighted by molar-refractivity contribution is -0.142. The Bertz CT molecular complexity index is 464. The molecule has 1 aromatic carbocycles. The van der Waals surface area contributed by atoms with Gasteiger partial charge in [-0.2, -0.15) is 0 Å². The maximum atomic E-state index is 11.7. The van der Waals surface area contributed by atoms with E-state index in [4.69, 9.17) is 9.47 Å². The lowest BCUT2D eigenvalue weighted by Gasteiger charge is -2.29. The maximum absolute atomic E-state index is 11.7. The summed E-state index contributed by atoms with van der Waals surface area (Å²) in [6.07, 6.45) is 6.13. The monoisotopic (exact) mass is 274 g/mol. The summed E-state index contributed by atoms with van der Waals surface area (Å²) in [5.41, 5.74) is 1.22. The molecule has 0 radical (unpaired) electrons. The van der Waals surface area contributed by atoms with E-state index in [0.29, 0.717) is 5.76 Å². The standard InChI is InChI=1S/C17H22O3/c1-3-4-10-15-11-14(13-8-6-5-7-9-13)12-16(20-15)17(18)19-2/h5-9,12,14-15H,3-4,10-11H2,1-2H3/t14-,15-/m1/s1. The van der Waals surface area contributed by atoms with Gasteiger partial charge in [0.1, 0.15) is 0 Å². The van der Waals surface area contributed by atoms with Crippen LogP contribution in [0.5, 0.6) is 0 Å². The average Bonchev–Trinajstić information content (AvgIpc) is 2.52. The number of esters is 1. The number of hydrogen-bond acceptors (Lipinski definition) is 3. The fourth-order valence-electron chi connectivity index (χ4n) is 2.56. The molecular formula is C17H22O3. The molecule has 0 aliphatic carbocycles. The minimum Gasteiger partial charge on any atom is -0.483 e. The molecule has 0 unspecified atom stereocenters. The highest BCUT2D eigenvalue weighted by Gasteiger charge is 2.28. The van der Waals surface area contributed by atoms with Crippen LogP contribution in [0.4, 0.5) is 0 Å². The van der Waals surface area contributed by atoms with E-state index in [1.54, 1.807) is 0 Å². The Morgan fingerprint density at radius 3 is 2.75 bits per heavy atom. The fraction of sp³-hybridized carbons (Fsp3) is 0.471. The Balaban J connectivity index is 2.19. The Morgan fingerprint density at radius 2 is 2.10 bits per heavy atom. The molecule has 0 fully saturated rings. The van der Waals surface area contributed by atoms with Crippen molar-refractivity contribution >= 4 is 5.97 Å². The molecule has 1 heterocycles. The van der Waals surface area contributed by atoms with Crippen molar-refractivity contribution in [3.63, 3.8) is 0 Å². The minimum absolute atomic E-state index is 0.0965. The third kappa shape index (κ3) is 3.62. The van der Waals surface area contributed by atoms with Crippen molar-refractivity contribution in [1.82, 2.24) is 0 Å². The van der Waals surface area contributed by atoms with Crippen LogP contribution in [0.3, 0.4) is 0 Å². The van der Waals surface area contributed by atoms with E-state index in [-0.39, 0.29) is 18.0 Å². The summed E-state index contributed by atoms with van der Waals surface area (Å²) in [4.78, 5) is 11.7. The van der Waals surface area contributed by atoms with Crippen molar-refractivity contribution in [2.45, 2.75) is 44.6 Å². The summed E-state index contributed by atoms with van der Waals surface area (Å²) < 4.78 is 10.6. The zero-order valence-electron chi connectivity index (χ0n) is 12.2. The Kier molecular flexibility index (Phi) is 5.22. The number of benzene rings is 1. The predicted octanol–water partition coefficient (Wildman–Crippen LogP) is 3.81. The summed E-state index contributed by atoms with van der Waals surface area (Å²) in [7, 11) is 1.39. The number of carbonyl (C=O) groups excluding carboxylic acids is 1. The van der Waals surface area contributed by atoms with Crippen LogP contribution in [0, 0.1) is 0 Å². The lowest BCUT2D eigenvalue weighted by atomic mass is 9.89. The highest BCUT2D eigenvalue weighted by Crippen LogP contribution is 2.32. The predicted molar refractivity (Wildman–Crippen MR) is 78.3 cm³/mol. The van der Waals surface area contributed by atoms with Gasteiger partial charge in [0, 0.05) is 5.92 Å². The molecule has 0 N–H and O–H groups in total. The van der Waals surface area contributed by atoms with E-state index in [2.05, 4.69) is 19.1 Å². The summed E-state index contributed by atoms with van der Waals surface area (Å²) in [5.74, 6) is 0.196. The maximum Gasteiger partial charge on any atom is 0.373 e. The minimum atomic E-state index is -0.382. The largest absolute Gasteiger partial charge is 0.483 e. The van der Waals surface area contributed by atoms with Gasteiger partial charge in [0.15, 0.2) is 0 Å². The van der Waals surface area contributed by atoms with Gasteiger partial charge in [-0.15, -0.1) is 0 Å². The topological polar surface area (TPSA) is 35.5 Å². The fourth-order valence-corrected chi connectivity index (χ4v) is 2.56. The Labute approximate surface area is 120 Å². The molecule has 0 saturated carbocycles. The second-order valence-corrected chi connectivity index (χ2v) is 5.16. The number of allylic oxidation sites excluding steroid dienone is 1. The Morgan fingerprint density at radius 1 is 1.35 bits per heavy atom. The van der Waals surface area contributed by atoms with Crippen LogP contribution in [-0.4, -0.2) is 19.2 Å². The number of ether oxygens (including phenoxy) is 2. The van der Waals surface area contributed by atoms with Gasteiger partial charge >= 0.3 is 5.97 Å². The Hall–Kier alpha value is -1.77. The zero-order chi connectivity index (χ0) is 14.4. The smallest absolute Gasteiger partial charge is 0.373 e. The van der Waals surface area contributed by atoms with Crippen LogP contribution in [0.25, 0.3) is 0 Å². The molecule has 0 saturated heterocycles. The molecule has 0 bridgehead atoms. The third-order valence-electron chi connectivity index (χ3n) is 3.66. The molecule has 2 atom stereocenters. The molecule has 1 aliphatic heterocycles. The molecule has 1 aliphatic rings. The van der Waals surface area contributed by atoms with E-state index in [0.717, 1.165) is 25.7 Å². The molecule has 3 nitrogen and oxygen atoms in total. The molecule has 2 rings (SSSR count). The van der Waals surface area contributed by atoms with Crippen molar-refractivity contribution < 1.29 is 14.3 Å². The van der Waals surface area contributed by atoms with Crippen molar-refractivity contribution in [2.75, 3.05) is 7.11 Å². The number of unbranched alkanes of at least 4 members (excludes halogenated alkanes) is 1. The number of methoxy groups -OCH3 is 1. The van der Waals surface area contributed by atoms with Crippen LogP contribution in [0.1, 0.15) is 44.1 Å². The summed E-state index contributed by atoms with van der Waals surface area (Å²) in [5, 5.41) is 0. The first kappa shape index (κ1) is 14.6. The first-order valence-electron chi connectivity index (χ1n) is 7.26. The van der Waals surface area contributed by atoms with E-state index in [1.165, 1.54) is 12.7 Å². The number of carbonyl (C=O) groups is 1. The van der Waals surface area contributed by atoms with Crippen LogP contribution < -0.4 is 0 Å². The molecule has 0 spiro atoms. The molecule has 20 heavy (non-hydrogen) atoms. The summed E-state index contributed by atoms with van der Waals surface area (Å²) in [6, 6.07) is 10.2. The van der Waals surface area contributed by atoms with Gasteiger partial charge < -0.3 is 9.47 Å². The highest BCUT2D eigenvalue weighted by molar-refractivity contribution is 5.86. The second-order valence-electron chi connectivity index (χ2n) is 5.16. The first-order chi connectivity index (χ1) is 9.74. The molecule has 1 aromatic rings. The van der Waals surface area contributed by atoms with Crippen LogP contribution in [-0.2, 0) is 14.3 Å². The SMILES string of the molecule is CCCC[C@@H]1C[C@@H](c2ccccc2)C=C(C(=O)OC)O1. The molecular weight excluding hydrogens is 252 g/mol. The van der Waals surface area contributed by atoms with Crippen LogP contribution in [0.2, 0.25) is 0 Å². The third-order valence-corrected chi connectivity index (χ3v) is 3.66. The van der Waals surface area contributed by atoms with E-state index in [9.17, 15) is 4.79 Å². The quantitative estimate of drug-likeness (QED) is 0.766. The first-order valence-corrected chi connectivity index (χ1v) is 7.26. The van der Waals surface area contributed by atoms with Crippen molar-refractivity contribution in [3.8, 4) is 0 Å². The van der Waals surface area contributed by atoms with Crippen LogP contribution in [0.15, 0.2) is 42.2 Å². The number of rotatable bonds is 5. The van der Waals surface area contributed by atoms with Gasteiger partial charge in [-0.25, -0.2) is 4.79 Å². The number of hydrogen-bond donors (Lipinski definition) is 0. The summed E-state index contributed by atoms with van der Waals surface area (Å²) >= 11 is 0. The molecule has 3 heteroatoms. The van der Waals surface area contributed by atoms with Crippen molar-refractivity contribution in [3.05, 3.63) is 47.7 Å². The molecule has 0 amide bonds. The van der Waals surface area contributed by atoms with Crippen LogP contribution >= 0.6 is 0 Å². The normalized spacial score (nSPS) is 21.8. The lowest BCUT2D eigenvalue weighted by Crippen LogP contribution is -2.25. The summed E-state index contributed by atoms with van der Waals surface area (Å²) in [6.45, 7) is 2.16. The highest BCUT2D eigenvalue weighted by atomic mass is 16.6. The van der Waals surface area contributed by atoms with Gasteiger partial charge in [-0.1, -0.05) is 50.1 Å². The van der Waals surface area contributed by atoms with E-state index in [1.807, 2.05) is 24.3 Å². The average molecular weight is 274 g/mol. The van der Waals surface area contributed by atoms with Gasteiger partial charge in [0.25, 0.3) is 0 Å². The van der Waals surface area contributed by atoms with E-state index < -0.39 is 0 Å². The molecule has 0 aromatic heterocycles. The molecule has 108 valence electrons. The van der Waals surface area contributed by atoms with Crippen molar-refractivity contribution in [2.24, 2.45) is 0 Å². The van der Waals surface area contributed by atoms with E-state index >= 15 is 0 Å². The zero-order valence-corrected chi connectivity index (χ0v) is 12.2. The van der Waals surface area contributed by atoms with Gasteiger partial charge in [-0.3, -0.25) is 0 Å². The van der Waals surface area contributed by atoms with Gasteiger partial charge in [0.05, 0.1) is 13.2 Å². The van der Waals surface area contributed by atoms with Gasteiger partial charge in [-0.05, 0) is 24.5 Å². The van der Waals surface area contributed by atoms with Crippen molar-refractivity contribution in [1.29, 1.82) is 0 Å². The second kappa shape index (κ2) is 7.13.